The van der Waals surface area contributed by atoms with Gasteiger partial charge in [-0.25, -0.2) is 4.98 Å². The highest BCUT2D eigenvalue weighted by Crippen LogP contribution is 2.21. The van der Waals surface area contributed by atoms with Crippen LogP contribution in [0.4, 0.5) is 5.82 Å². The molecule has 2 rings (SSSR count). The van der Waals surface area contributed by atoms with Crippen LogP contribution in [0.15, 0.2) is 18.3 Å². The number of aromatic nitrogens is 1. The normalized spacial score (nSPS) is 18.1. The number of nitrogens with one attached hydrogen (secondary N) is 1. The molecule has 0 aromatic carbocycles. The summed E-state index contributed by atoms with van der Waals surface area (Å²) in [6, 6.07) is 4.58. The summed E-state index contributed by atoms with van der Waals surface area (Å²) >= 11 is 0. The molecule has 1 aliphatic carbocycles. The van der Waals surface area contributed by atoms with Gasteiger partial charge in [0.1, 0.15) is 5.82 Å². The molecule has 1 aromatic rings. The molecular weight excluding hydrogens is 198 g/mol. The second-order valence-corrected chi connectivity index (χ2v) is 4.55. The summed E-state index contributed by atoms with van der Waals surface area (Å²) < 4.78 is 0. The molecule has 1 aromatic heterocycles. The molecule has 3 N–H and O–H groups in total. The molecule has 3 heteroatoms. The summed E-state index contributed by atoms with van der Waals surface area (Å²) in [7, 11) is 0. The zero-order valence-corrected chi connectivity index (χ0v) is 9.78. The standard InChI is InChI=1S/C13H21N3/c14-10-11-6-5-9-15-13(11)16-12-7-3-1-2-4-8-12/h5-6,9,12H,1-4,7-8,10,14H2,(H,15,16). The molecule has 16 heavy (non-hydrogen) atoms. The fraction of sp³-hybridized carbons (Fsp3) is 0.615. The van der Waals surface area contributed by atoms with Crippen LogP contribution in [0.1, 0.15) is 44.1 Å². The van der Waals surface area contributed by atoms with E-state index in [9.17, 15) is 0 Å². The smallest absolute Gasteiger partial charge is 0.130 e. The van der Waals surface area contributed by atoms with Crippen LogP contribution in [-0.4, -0.2) is 11.0 Å². The molecule has 1 aliphatic rings. The first-order valence-electron chi connectivity index (χ1n) is 6.30. The van der Waals surface area contributed by atoms with Crippen molar-refractivity contribution < 1.29 is 0 Å². The molecule has 0 spiro atoms. The van der Waals surface area contributed by atoms with E-state index in [2.05, 4.69) is 10.3 Å². The van der Waals surface area contributed by atoms with E-state index < -0.39 is 0 Å². The predicted molar refractivity (Wildman–Crippen MR) is 67.2 cm³/mol. The molecular formula is C13H21N3. The van der Waals surface area contributed by atoms with Crippen LogP contribution in [-0.2, 0) is 6.54 Å². The van der Waals surface area contributed by atoms with Crippen molar-refractivity contribution in [1.29, 1.82) is 0 Å². The van der Waals surface area contributed by atoms with Crippen LogP contribution in [0.2, 0.25) is 0 Å². The van der Waals surface area contributed by atoms with Gasteiger partial charge in [-0.1, -0.05) is 31.7 Å². The van der Waals surface area contributed by atoms with Crippen molar-refractivity contribution in [1.82, 2.24) is 4.98 Å². The van der Waals surface area contributed by atoms with Crippen molar-refractivity contribution in [3.8, 4) is 0 Å². The van der Waals surface area contributed by atoms with Crippen molar-refractivity contribution >= 4 is 5.82 Å². The number of nitrogens with two attached hydrogens (primary N) is 1. The third-order valence-electron chi connectivity index (χ3n) is 3.31. The highest BCUT2D eigenvalue weighted by molar-refractivity contribution is 5.44. The van der Waals surface area contributed by atoms with E-state index in [1.807, 2.05) is 18.3 Å². The Morgan fingerprint density at radius 3 is 2.69 bits per heavy atom. The zero-order chi connectivity index (χ0) is 11.2. The first-order chi connectivity index (χ1) is 7.90. The maximum absolute atomic E-state index is 5.71. The summed E-state index contributed by atoms with van der Waals surface area (Å²) in [4.78, 5) is 4.38. The lowest BCUT2D eigenvalue weighted by Gasteiger charge is -2.18. The Balaban J connectivity index is 2.01. The Bertz CT molecular complexity index is 317. The average Bonchev–Trinajstić information content (AvgIpc) is 2.58. The third-order valence-corrected chi connectivity index (χ3v) is 3.31. The summed E-state index contributed by atoms with van der Waals surface area (Å²) in [5.74, 6) is 0.983. The molecule has 0 amide bonds. The first-order valence-corrected chi connectivity index (χ1v) is 6.30. The second-order valence-electron chi connectivity index (χ2n) is 4.55. The van der Waals surface area contributed by atoms with E-state index >= 15 is 0 Å². The average molecular weight is 219 g/mol. The van der Waals surface area contributed by atoms with Crippen LogP contribution in [0.25, 0.3) is 0 Å². The van der Waals surface area contributed by atoms with Gasteiger partial charge in [-0.3, -0.25) is 0 Å². The molecule has 0 radical (unpaired) electrons. The van der Waals surface area contributed by atoms with Crippen LogP contribution < -0.4 is 11.1 Å². The number of nitrogens with zero attached hydrogens (tertiary/aromatic N) is 1. The minimum Gasteiger partial charge on any atom is -0.367 e. The highest BCUT2D eigenvalue weighted by atomic mass is 15.0. The quantitative estimate of drug-likeness (QED) is 0.768. The Labute approximate surface area is 97.5 Å². The molecule has 0 unspecified atom stereocenters. The minimum absolute atomic E-state index is 0.558. The van der Waals surface area contributed by atoms with E-state index in [4.69, 9.17) is 5.73 Å². The van der Waals surface area contributed by atoms with E-state index in [0.717, 1.165) is 11.4 Å². The van der Waals surface area contributed by atoms with Crippen LogP contribution in [0, 0.1) is 0 Å². The van der Waals surface area contributed by atoms with E-state index in [0.29, 0.717) is 12.6 Å². The largest absolute Gasteiger partial charge is 0.367 e. The summed E-state index contributed by atoms with van der Waals surface area (Å²) in [5.41, 5.74) is 6.82. The molecule has 88 valence electrons. The molecule has 1 saturated carbocycles. The topological polar surface area (TPSA) is 50.9 Å². The van der Waals surface area contributed by atoms with E-state index in [1.165, 1.54) is 38.5 Å². The number of pyridine rings is 1. The predicted octanol–water partition coefficient (Wildman–Crippen LogP) is 2.68. The molecule has 0 saturated heterocycles. The Morgan fingerprint density at radius 1 is 1.25 bits per heavy atom. The van der Waals surface area contributed by atoms with E-state index in [-0.39, 0.29) is 0 Å². The summed E-state index contributed by atoms with van der Waals surface area (Å²) in [6.45, 7) is 0.558. The van der Waals surface area contributed by atoms with Gasteiger partial charge in [0, 0.05) is 24.3 Å². The number of anilines is 1. The van der Waals surface area contributed by atoms with Crippen molar-refractivity contribution in [2.24, 2.45) is 5.73 Å². The van der Waals surface area contributed by atoms with Gasteiger partial charge >= 0.3 is 0 Å². The van der Waals surface area contributed by atoms with Gasteiger partial charge in [-0.05, 0) is 18.9 Å². The fourth-order valence-electron chi connectivity index (χ4n) is 2.35. The lowest BCUT2D eigenvalue weighted by Crippen LogP contribution is -2.20. The minimum atomic E-state index is 0.558. The second kappa shape index (κ2) is 5.85. The Morgan fingerprint density at radius 2 is 2.00 bits per heavy atom. The molecule has 1 fully saturated rings. The molecule has 0 atom stereocenters. The molecule has 0 bridgehead atoms. The van der Waals surface area contributed by atoms with Crippen molar-refractivity contribution in [3.05, 3.63) is 23.9 Å². The zero-order valence-electron chi connectivity index (χ0n) is 9.78. The van der Waals surface area contributed by atoms with Crippen molar-refractivity contribution in [3.63, 3.8) is 0 Å². The van der Waals surface area contributed by atoms with Gasteiger partial charge in [0.15, 0.2) is 0 Å². The van der Waals surface area contributed by atoms with Gasteiger partial charge in [-0.2, -0.15) is 0 Å². The van der Waals surface area contributed by atoms with E-state index in [1.54, 1.807) is 0 Å². The number of hydrogen-bond acceptors (Lipinski definition) is 3. The maximum Gasteiger partial charge on any atom is 0.130 e. The number of hydrogen-bond donors (Lipinski definition) is 2. The first kappa shape index (κ1) is 11.4. The van der Waals surface area contributed by atoms with Gasteiger partial charge in [0.25, 0.3) is 0 Å². The Kier molecular flexibility index (Phi) is 4.17. The molecule has 0 aliphatic heterocycles. The van der Waals surface area contributed by atoms with Gasteiger partial charge in [0.05, 0.1) is 0 Å². The lowest BCUT2D eigenvalue weighted by atomic mass is 10.1. The summed E-state index contributed by atoms with van der Waals surface area (Å²) in [5, 5.41) is 3.55. The van der Waals surface area contributed by atoms with Gasteiger partial charge in [0.2, 0.25) is 0 Å². The highest BCUT2D eigenvalue weighted by Gasteiger charge is 2.13. The molecule has 3 nitrogen and oxygen atoms in total. The molecule has 1 heterocycles. The Hall–Kier alpha value is -1.09. The van der Waals surface area contributed by atoms with Crippen molar-refractivity contribution in [2.75, 3.05) is 5.32 Å². The summed E-state index contributed by atoms with van der Waals surface area (Å²) in [6.07, 6.45) is 9.79. The monoisotopic (exact) mass is 219 g/mol. The maximum atomic E-state index is 5.71. The lowest BCUT2D eigenvalue weighted by molar-refractivity contribution is 0.616. The third kappa shape index (κ3) is 2.95. The van der Waals surface area contributed by atoms with Crippen LogP contribution >= 0.6 is 0 Å². The van der Waals surface area contributed by atoms with Gasteiger partial charge in [-0.15, -0.1) is 0 Å². The SMILES string of the molecule is NCc1cccnc1NC1CCCCCC1. The van der Waals surface area contributed by atoms with Crippen LogP contribution in [0.5, 0.6) is 0 Å². The number of rotatable bonds is 3. The van der Waals surface area contributed by atoms with Gasteiger partial charge < -0.3 is 11.1 Å². The fourth-order valence-corrected chi connectivity index (χ4v) is 2.35. The van der Waals surface area contributed by atoms with Crippen molar-refractivity contribution in [2.45, 2.75) is 51.1 Å². The van der Waals surface area contributed by atoms with Crippen LogP contribution in [0.3, 0.4) is 0 Å².